The SMILES string of the molecule is CCOP(O)(=S)OCC.I. The van der Waals surface area contributed by atoms with E-state index in [-0.39, 0.29) is 24.0 Å². The second-order valence-electron chi connectivity index (χ2n) is 1.30. The van der Waals surface area contributed by atoms with Crippen molar-refractivity contribution in [1.29, 1.82) is 0 Å². The van der Waals surface area contributed by atoms with Crippen molar-refractivity contribution in [2.24, 2.45) is 0 Å². The summed E-state index contributed by atoms with van der Waals surface area (Å²) in [6, 6.07) is 0. The molecule has 0 aliphatic carbocycles. The standard InChI is InChI=1S/C4H11O3PS.HI/c1-3-6-8(5,9)7-4-2;/h3-4H2,1-2H3,(H,5,9);1H. The van der Waals surface area contributed by atoms with Crippen molar-refractivity contribution in [1.82, 2.24) is 0 Å². The Balaban J connectivity index is 0. The van der Waals surface area contributed by atoms with Gasteiger partial charge in [-0.25, -0.2) is 0 Å². The van der Waals surface area contributed by atoms with Gasteiger partial charge < -0.3 is 13.9 Å². The molecular formula is C4H12IO3PS. The first-order chi connectivity index (χ1) is 4.12. The Kier molecular flexibility index (Phi) is 9.59. The third-order valence-electron chi connectivity index (χ3n) is 0.584. The first-order valence-electron chi connectivity index (χ1n) is 2.74. The van der Waals surface area contributed by atoms with E-state index in [1.807, 2.05) is 0 Å². The van der Waals surface area contributed by atoms with Crippen molar-refractivity contribution >= 4 is 42.5 Å². The second kappa shape index (κ2) is 6.94. The Morgan fingerprint density at radius 3 is 1.80 bits per heavy atom. The van der Waals surface area contributed by atoms with Crippen molar-refractivity contribution in [3.8, 4) is 0 Å². The molecule has 0 saturated carbocycles. The Labute approximate surface area is 83.4 Å². The van der Waals surface area contributed by atoms with E-state index in [9.17, 15) is 0 Å². The van der Waals surface area contributed by atoms with Crippen LogP contribution in [0.3, 0.4) is 0 Å². The summed E-state index contributed by atoms with van der Waals surface area (Å²) >= 11 is 4.56. The number of hydrogen-bond donors (Lipinski definition) is 1. The van der Waals surface area contributed by atoms with E-state index in [0.29, 0.717) is 13.2 Å². The summed E-state index contributed by atoms with van der Waals surface area (Å²) in [6.45, 7) is 1.45. The molecule has 0 heterocycles. The predicted molar refractivity (Wildman–Crippen MR) is 55.2 cm³/mol. The van der Waals surface area contributed by atoms with Crippen LogP contribution in [0, 0.1) is 0 Å². The third-order valence-corrected chi connectivity index (χ3v) is 2.39. The van der Waals surface area contributed by atoms with E-state index in [0.717, 1.165) is 0 Å². The molecule has 0 atom stereocenters. The molecule has 0 aromatic heterocycles. The van der Waals surface area contributed by atoms with Crippen molar-refractivity contribution < 1.29 is 13.9 Å². The van der Waals surface area contributed by atoms with Crippen molar-refractivity contribution in [3.05, 3.63) is 0 Å². The van der Waals surface area contributed by atoms with Gasteiger partial charge in [-0.05, 0) is 25.7 Å². The van der Waals surface area contributed by atoms with Crippen molar-refractivity contribution in [2.45, 2.75) is 13.8 Å². The molecule has 0 aromatic rings. The Hall–Kier alpha value is 1.26. The Morgan fingerprint density at radius 2 is 1.60 bits per heavy atom. The fourth-order valence-electron chi connectivity index (χ4n) is 0.364. The summed E-state index contributed by atoms with van der Waals surface area (Å²) in [7, 11) is 0. The fraction of sp³-hybridized carbons (Fsp3) is 1.00. The van der Waals surface area contributed by atoms with Gasteiger partial charge in [-0.1, -0.05) is 0 Å². The van der Waals surface area contributed by atoms with Crippen LogP contribution in [0.2, 0.25) is 0 Å². The molecule has 0 radical (unpaired) electrons. The van der Waals surface area contributed by atoms with Crippen LogP contribution in [0.4, 0.5) is 0 Å². The van der Waals surface area contributed by atoms with E-state index >= 15 is 0 Å². The van der Waals surface area contributed by atoms with Gasteiger partial charge in [0, 0.05) is 0 Å². The lowest BCUT2D eigenvalue weighted by molar-refractivity contribution is 0.212. The maximum atomic E-state index is 9.00. The minimum atomic E-state index is -2.86. The van der Waals surface area contributed by atoms with Crippen LogP contribution in [-0.4, -0.2) is 18.1 Å². The zero-order chi connectivity index (χ0) is 7.33. The molecule has 10 heavy (non-hydrogen) atoms. The second-order valence-corrected chi connectivity index (χ2v) is 4.14. The van der Waals surface area contributed by atoms with Gasteiger partial charge in [0.2, 0.25) is 0 Å². The minimum Gasteiger partial charge on any atom is -0.324 e. The molecule has 0 bridgehead atoms. The molecule has 0 spiro atoms. The van der Waals surface area contributed by atoms with Gasteiger partial charge in [0.05, 0.1) is 13.2 Å². The molecule has 0 unspecified atom stereocenters. The van der Waals surface area contributed by atoms with E-state index in [2.05, 4.69) is 11.8 Å². The van der Waals surface area contributed by atoms with Crippen LogP contribution in [0.1, 0.15) is 13.8 Å². The molecule has 0 saturated heterocycles. The lowest BCUT2D eigenvalue weighted by atomic mass is 10.9. The average molecular weight is 298 g/mol. The molecular weight excluding hydrogens is 286 g/mol. The Morgan fingerprint density at radius 1 is 1.30 bits per heavy atom. The molecule has 3 nitrogen and oxygen atoms in total. The summed E-state index contributed by atoms with van der Waals surface area (Å²) in [5.74, 6) is 0. The molecule has 1 N–H and O–H groups in total. The molecule has 0 fully saturated rings. The maximum absolute atomic E-state index is 9.00. The third kappa shape index (κ3) is 7.37. The normalized spacial score (nSPS) is 10.7. The van der Waals surface area contributed by atoms with Gasteiger partial charge in [0.1, 0.15) is 0 Å². The summed E-state index contributed by atoms with van der Waals surface area (Å²) in [5, 5.41) is 0. The number of halogens is 1. The summed E-state index contributed by atoms with van der Waals surface area (Å²) < 4.78 is 9.46. The molecule has 0 amide bonds. The largest absolute Gasteiger partial charge is 0.324 e. The highest BCUT2D eigenvalue weighted by Gasteiger charge is 2.10. The quantitative estimate of drug-likeness (QED) is 0.635. The topological polar surface area (TPSA) is 38.7 Å². The summed E-state index contributed by atoms with van der Waals surface area (Å²) in [5.41, 5.74) is 0. The lowest BCUT2D eigenvalue weighted by Gasteiger charge is -2.12. The number of rotatable bonds is 4. The van der Waals surface area contributed by atoms with Crippen molar-refractivity contribution in [3.63, 3.8) is 0 Å². The molecule has 64 valence electrons. The summed E-state index contributed by atoms with van der Waals surface area (Å²) in [4.78, 5) is 9.00. The highest BCUT2D eigenvalue weighted by atomic mass is 127. The molecule has 0 aliphatic rings. The minimum absolute atomic E-state index is 0. The van der Waals surface area contributed by atoms with E-state index in [1.165, 1.54) is 0 Å². The van der Waals surface area contributed by atoms with E-state index in [4.69, 9.17) is 13.9 Å². The van der Waals surface area contributed by atoms with Gasteiger partial charge in [0.25, 0.3) is 0 Å². The first kappa shape index (κ1) is 13.8. The zero-order valence-corrected chi connectivity index (χ0v) is 9.98. The monoisotopic (exact) mass is 298 g/mol. The number of hydrogen-bond acceptors (Lipinski definition) is 3. The van der Waals surface area contributed by atoms with Gasteiger partial charge in [-0.2, -0.15) is 0 Å². The average Bonchev–Trinajstić information content (AvgIpc) is 1.64. The lowest BCUT2D eigenvalue weighted by Crippen LogP contribution is -1.92. The molecule has 6 heteroatoms. The van der Waals surface area contributed by atoms with E-state index in [1.54, 1.807) is 13.8 Å². The van der Waals surface area contributed by atoms with Crippen molar-refractivity contribution in [2.75, 3.05) is 13.2 Å². The zero-order valence-electron chi connectivity index (χ0n) is 5.94. The first-order valence-corrected chi connectivity index (χ1v) is 5.33. The smallest absolute Gasteiger partial charge is 0.324 e. The van der Waals surface area contributed by atoms with Crippen LogP contribution in [0.5, 0.6) is 0 Å². The van der Waals surface area contributed by atoms with Crippen LogP contribution < -0.4 is 0 Å². The van der Waals surface area contributed by atoms with Gasteiger partial charge in [0.15, 0.2) is 0 Å². The Bertz CT molecular complexity index is 111. The molecule has 0 rings (SSSR count). The highest BCUT2D eigenvalue weighted by molar-refractivity contribution is 14.0. The fourth-order valence-corrected chi connectivity index (χ4v) is 1.72. The summed E-state index contributed by atoms with van der Waals surface area (Å²) in [6.07, 6.45) is 0. The predicted octanol–water partition coefficient (Wildman–Crippen LogP) is 1.89. The van der Waals surface area contributed by atoms with Gasteiger partial charge in [-0.3, -0.25) is 0 Å². The van der Waals surface area contributed by atoms with Crippen LogP contribution in [0.15, 0.2) is 0 Å². The van der Waals surface area contributed by atoms with Gasteiger partial charge >= 0.3 is 6.72 Å². The van der Waals surface area contributed by atoms with Gasteiger partial charge in [-0.15, -0.1) is 24.0 Å². The van der Waals surface area contributed by atoms with Crippen LogP contribution in [0.25, 0.3) is 0 Å². The van der Waals surface area contributed by atoms with Crippen LogP contribution in [-0.2, 0) is 20.9 Å². The molecule has 0 aromatic carbocycles. The highest BCUT2D eigenvalue weighted by Crippen LogP contribution is 2.42. The molecule has 0 aliphatic heterocycles. The van der Waals surface area contributed by atoms with E-state index < -0.39 is 6.72 Å². The maximum Gasteiger partial charge on any atom is 0.324 e. The van der Waals surface area contributed by atoms with Crippen LogP contribution >= 0.6 is 30.7 Å².